The first-order valence-electron chi connectivity index (χ1n) is 8.16. The van der Waals surface area contributed by atoms with Crippen LogP contribution in [0.1, 0.15) is 29.8 Å². The molecular formula is C18H24N4O2. The molecule has 6 nitrogen and oxygen atoms in total. The third kappa shape index (κ3) is 4.68. The number of ether oxygens (including phenoxy) is 1. The van der Waals surface area contributed by atoms with E-state index in [-0.39, 0.29) is 5.91 Å². The Balaban J connectivity index is 1.86. The molecule has 0 saturated carbocycles. The molecule has 1 aromatic heterocycles. The molecule has 1 N–H and O–H groups in total. The molecule has 2 rings (SSSR count). The van der Waals surface area contributed by atoms with E-state index in [9.17, 15) is 4.79 Å². The van der Waals surface area contributed by atoms with E-state index < -0.39 is 0 Å². The van der Waals surface area contributed by atoms with E-state index in [0.29, 0.717) is 24.6 Å². The molecular weight excluding hydrogens is 304 g/mol. The zero-order valence-corrected chi connectivity index (χ0v) is 14.5. The Morgan fingerprint density at radius 2 is 1.75 bits per heavy atom. The fourth-order valence-electron chi connectivity index (χ4n) is 2.33. The van der Waals surface area contributed by atoms with E-state index in [1.807, 2.05) is 38.1 Å². The number of rotatable bonds is 8. The predicted molar refractivity (Wildman–Crippen MR) is 94.5 cm³/mol. The van der Waals surface area contributed by atoms with Gasteiger partial charge in [0.15, 0.2) is 0 Å². The van der Waals surface area contributed by atoms with Crippen molar-refractivity contribution in [2.75, 3.05) is 32.1 Å². The van der Waals surface area contributed by atoms with Gasteiger partial charge in [-0.15, -0.1) is 0 Å². The van der Waals surface area contributed by atoms with Gasteiger partial charge in [-0.2, -0.15) is 0 Å². The van der Waals surface area contributed by atoms with Crippen LogP contribution in [0.25, 0.3) is 0 Å². The van der Waals surface area contributed by atoms with Gasteiger partial charge in [0.1, 0.15) is 5.75 Å². The third-order valence-corrected chi connectivity index (χ3v) is 3.81. The van der Waals surface area contributed by atoms with Crippen LogP contribution in [0.3, 0.4) is 0 Å². The average molecular weight is 328 g/mol. The normalized spacial score (nSPS) is 10.3. The highest BCUT2D eigenvalue weighted by Gasteiger charge is 2.13. The molecule has 0 aliphatic rings. The number of carbonyl (C=O) groups excluding carboxylic acids is 1. The van der Waals surface area contributed by atoms with Gasteiger partial charge < -0.3 is 15.0 Å². The average Bonchev–Trinajstić information content (AvgIpc) is 2.64. The molecule has 0 saturated heterocycles. The Bertz CT molecular complexity index is 637. The monoisotopic (exact) mass is 328 g/mol. The van der Waals surface area contributed by atoms with Gasteiger partial charge in [0, 0.05) is 32.0 Å². The fourth-order valence-corrected chi connectivity index (χ4v) is 2.33. The smallest absolute Gasteiger partial charge is 0.256 e. The first-order chi connectivity index (χ1) is 11.7. The predicted octanol–water partition coefficient (Wildman–Crippen LogP) is 2.62. The van der Waals surface area contributed by atoms with Gasteiger partial charge in [0.25, 0.3) is 5.91 Å². The molecule has 1 amide bonds. The zero-order chi connectivity index (χ0) is 17.4. The number of carbonyl (C=O) groups is 1. The summed E-state index contributed by atoms with van der Waals surface area (Å²) >= 11 is 0. The molecule has 0 bridgehead atoms. The minimum Gasteiger partial charge on any atom is -0.497 e. The lowest BCUT2D eigenvalue weighted by atomic mass is 10.1. The highest BCUT2D eigenvalue weighted by molar-refractivity contribution is 5.93. The number of methoxy groups -OCH3 is 1. The van der Waals surface area contributed by atoms with Crippen LogP contribution in [-0.4, -0.2) is 47.5 Å². The lowest BCUT2D eigenvalue weighted by molar-refractivity contribution is 0.0772. The summed E-state index contributed by atoms with van der Waals surface area (Å²) in [6.07, 6.45) is 4.00. The molecule has 0 aliphatic heterocycles. The molecule has 0 radical (unpaired) electrons. The number of aromatic nitrogens is 2. The number of amides is 1. The summed E-state index contributed by atoms with van der Waals surface area (Å²) in [6, 6.07) is 7.96. The number of nitrogens with zero attached hydrogens (tertiary/aromatic N) is 3. The van der Waals surface area contributed by atoms with E-state index in [2.05, 4.69) is 15.3 Å². The van der Waals surface area contributed by atoms with E-state index in [1.54, 1.807) is 24.4 Å². The first kappa shape index (κ1) is 17.7. The number of nitrogens with one attached hydrogen (secondary N) is 1. The minimum atomic E-state index is -0.0372. The topological polar surface area (TPSA) is 67.4 Å². The standard InChI is InChI=1S/C18H24N4O2/c1-4-22(5-2)17(23)15-12-20-18(21-13-15)19-11-10-14-6-8-16(24-3)9-7-14/h6-9,12-13H,4-5,10-11H2,1-3H3,(H,19,20,21). The maximum Gasteiger partial charge on any atom is 0.256 e. The van der Waals surface area contributed by atoms with Crippen molar-refractivity contribution in [1.29, 1.82) is 0 Å². The van der Waals surface area contributed by atoms with Gasteiger partial charge in [0.2, 0.25) is 5.95 Å². The van der Waals surface area contributed by atoms with Crippen LogP contribution < -0.4 is 10.1 Å². The molecule has 0 fully saturated rings. The van der Waals surface area contributed by atoms with Crippen LogP contribution in [-0.2, 0) is 6.42 Å². The maximum absolute atomic E-state index is 12.2. The van der Waals surface area contributed by atoms with Gasteiger partial charge in [-0.3, -0.25) is 4.79 Å². The first-order valence-corrected chi connectivity index (χ1v) is 8.16. The molecule has 128 valence electrons. The fraction of sp³-hybridized carbons (Fsp3) is 0.389. The third-order valence-electron chi connectivity index (χ3n) is 3.81. The van der Waals surface area contributed by atoms with E-state index in [1.165, 1.54) is 5.56 Å². The Hall–Kier alpha value is -2.63. The van der Waals surface area contributed by atoms with Crippen LogP contribution in [0, 0.1) is 0 Å². The van der Waals surface area contributed by atoms with Crippen LogP contribution in [0.5, 0.6) is 5.75 Å². The molecule has 1 heterocycles. The number of benzene rings is 1. The molecule has 0 aliphatic carbocycles. The van der Waals surface area contributed by atoms with Crippen molar-refractivity contribution in [3.63, 3.8) is 0 Å². The summed E-state index contributed by atoms with van der Waals surface area (Å²) in [6.45, 7) is 5.98. The van der Waals surface area contributed by atoms with Crippen molar-refractivity contribution in [1.82, 2.24) is 14.9 Å². The summed E-state index contributed by atoms with van der Waals surface area (Å²) in [7, 11) is 1.66. The van der Waals surface area contributed by atoms with Crippen LogP contribution in [0.2, 0.25) is 0 Å². The lowest BCUT2D eigenvalue weighted by Crippen LogP contribution is -2.30. The highest BCUT2D eigenvalue weighted by Crippen LogP contribution is 2.12. The van der Waals surface area contributed by atoms with Crippen molar-refractivity contribution >= 4 is 11.9 Å². The van der Waals surface area contributed by atoms with Crippen LogP contribution in [0.15, 0.2) is 36.7 Å². The summed E-state index contributed by atoms with van der Waals surface area (Å²) in [5, 5.41) is 3.17. The van der Waals surface area contributed by atoms with Crippen molar-refractivity contribution < 1.29 is 9.53 Å². The van der Waals surface area contributed by atoms with Gasteiger partial charge >= 0.3 is 0 Å². The minimum absolute atomic E-state index is 0.0372. The molecule has 1 aromatic carbocycles. The van der Waals surface area contributed by atoms with E-state index in [4.69, 9.17) is 4.74 Å². The summed E-state index contributed by atoms with van der Waals surface area (Å²) < 4.78 is 5.14. The molecule has 6 heteroatoms. The highest BCUT2D eigenvalue weighted by atomic mass is 16.5. The van der Waals surface area contributed by atoms with Crippen molar-refractivity contribution in [2.24, 2.45) is 0 Å². The van der Waals surface area contributed by atoms with E-state index >= 15 is 0 Å². The van der Waals surface area contributed by atoms with Crippen LogP contribution in [0.4, 0.5) is 5.95 Å². The second kappa shape index (κ2) is 8.86. The molecule has 0 unspecified atom stereocenters. The van der Waals surface area contributed by atoms with Crippen molar-refractivity contribution in [2.45, 2.75) is 20.3 Å². The molecule has 2 aromatic rings. The quantitative estimate of drug-likeness (QED) is 0.807. The lowest BCUT2D eigenvalue weighted by Gasteiger charge is -2.18. The molecule has 0 spiro atoms. The largest absolute Gasteiger partial charge is 0.497 e. The van der Waals surface area contributed by atoms with Crippen molar-refractivity contribution in [3.8, 4) is 5.75 Å². The zero-order valence-electron chi connectivity index (χ0n) is 14.5. The molecule has 0 atom stereocenters. The molecule has 24 heavy (non-hydrogen) atoms. The van der Waals surface area contributed by atoms with Gasteiger partial charge in [-0.1, -0.05) is 12.1 Å². The number of hydrogen-bond donors (Lipinski definition) is 1. The van der Waals surface area contributed by atoms with Crippen LogP contribution >= 0.6 is 0 Å². The van der Waals surface area contributed by atoms with E-state index in [0.717, 1.165) is 18.7 Å². The van der Waals surface area contributed by atoms with Gasteiger partial charge in [-0.05, 0) is 38.0 Å². The van der Waals surface area contributed by atoms with Gasteiger partial charge in [0.05, 0.1) is 12.7 Å². The van der Waals surface area contributed by atoms with Gasteiger partial charge in [-0.25, -0.2) is 9.97 Å². The SMILES string of the molecule is CCN(CC)C(=O)c1cnc(NCCc2ccc(OC)cc2)nc1. The van der Waals surface area contributed by atoms with Crippen molar-refractivity contribution in [3.05, 3.63) is 47.8 Å². The summed E-state index contributed by atoms with van der Waals surface area (Å²) in [5.74, 6) is 1.34. The Kier molecular flexibility index (Phi) is 6.54. The number of hydrogen-bond acceptors (Lipinski definition) is 5. The Morgan fingerprint density at radius 3 is 2.29 bits per heavy atom. The second-order valence-electron chi connectivity index (χ2n) is 5.30. The number of anilines is 1. The Morgan fingerprint density at radius 1 is 1.12 bits per heavy atom. The second-order valence-corrected chi connectivity index (χ2v) is 5.30. The summed E-state index contributed by atoms with van der Waals surface area (Å²) in [4.78, 5) is 22.4. The summed E-state index contributed by atoms with van der Waals surface area (Å²) in [5.41, 5.74) is 1.72. The Labute approximate surface area is 142 Å². The maximum atomic E-state index is 12.2.